The van der Waals surface area contributed by atoms with Gasteiger partial charge in [-0.25, -0.2) is 0 Å². The summed E-state index contributed by atoms with van der Waals surface area (Å²) in [5.41, 5.74) is 3.12. The van der Waals surface area contributed by atoms with E-state index in [4.69, 9.17) is 21.7 Å². The van der Waals surface area contributed by atoms with Gasteiger partial charge in [-0.05, 0) is 70.5 Å². The normalized spacial score (nSPS) is 14.7. The Morgan fingerprint density at radius 3 is 2.37 bits per heavy atom. The maximum absolute atomic E-state index is 13.2. The van der Waals surface area contributed by atoms with Crippen molar-refractivity contribution in [3.63, 3.8) is 0 Å². The van der Waals surface area contributed by atoms with E-state index in [1.54, 1.807) is 24.0 Å². The molecular weight excluding hydrogens is 456 g/mol. The molecule has 1 fully saturated rings. The number of likely N-dealkylation sites (N-methyl/N-ethyl adjacent to an activating group) is 1. The van der Waals surface area contributed by atoms with E-state index < -0.39 is 0 Å². The molecule has 0 saturated carbocycles. The lowest BCUT2D eigenvalue weighted by Gasteiger charge is -2.16. The summed E-state index contributed by atoms with van der Waals surface area (Å²) in [5, 5.41) is 2.81. The SMILES string of the molecule is COc1cc(/C=C2/C(=O)N(c3ccccc3)C(=S)N2C)ccc1OCc1ccc2ccccc2c1. The molecular formula is C29H24N2O3S. The fraction of sp³-hybridized carbons (Fsp3) is 0.103. The lowest BCUT2D eigenvalue weighted by Crippen LogP contribution is -2.30. The molecule has 5 rings (SSSR count). The fourth-order valence-electron chi connectivity index (χ4n) is 4.10. The van der Waals surface area contributed by atoms with Gasteiger partial charge in [0.1, 0.15) is 12.3 Å². The quantitative estimate of drug-likeness (QED) is 0.249. The van der Waals surface area contributed by atoms with E-state index in [0.29, 0.717) is 28.9 Å². The van der Waals surface area contributed by atoms with Crippen LogP contribution in [0.15, 0.2) is 96.7 Å². The number of ether oxygens (including phenoxy) is 2. The van der Waals surface area contributed by atoms with Crippen LogP contribution in [0.5, 0.6) is 11.5 Å². The number of hydrogen-bond acceptors (Lipinski definition) is 4. The van der Waals surface area contributed by atoms with Crippen LogP contribution in [0.25, 0.3) is 16.8 Å². The first kappa shape index (κ1) is 22.6. The highest BCUT2D eigenvalue weighted by Gasteiger charge is 2.36. The summed E-state index contributed by atoms with van der Waals surface area (Å²) < 4.78 is 11.7. The summed E-state index contributed by atoms with van der Waals surface area (Å²) in [6.07, 6.45) is 1.81. The average Bonchev–Trinajstić information content (AvgIpc) is 3.11. The Bertz CT molecular complexity index is 1450. The molecule has 1 amide bonds. The molecule has 1 aliphatic heterocycles. The standard InChI is InChI=1S/C29H24N2O3S/c1-30-25(28(32)31(29(30)35)24-10-4-3-5-11-24)17-20-13-15-26(27(18-20)33-2)34-19-21-12-14-22-8-6-7-9-23(22)16-21/h3-18H,19H2,1-2H3/b25-17-. The summed E-state index contributed by atoms with van der Waals surface area (Å²) in [6.45, 7) is 0.420. The largest absolute Gasteiger partial charge is 0.493 e. The lowest BCUT2D eigenvalue weighted by atomic mass is 10.1. The maximum atomic E-state index is 13.2. The molecule has 5 nitrogen and oxygen atoms in total. The molecule has 0 aliphatic carbocycles. The number of carbonyl (C=O) groups is 1. The van der Waals surface area contributed by atoms with E-state index in [9.17, 15) is 4.79 Å². The lowest BCUT2D eigenvalue weighted by molar-refractivity contribution is -0.114. The third-order valence-electron chi connectivity index (χ3n) is 5.98. The van der Waals surface area contributed by atoms with Crippen LogP contribution >= 0.6 is 12.2 Å². The Kier molecular flexibility index (Phi) is 6.21. The van der Waals surface area contributed by atoms with Crippen molar-refractivity contribution in [3.8, 4) is 11.5 Å². The molecule has 174 valence electrons. The van der Waals surface area contributed by atoms with Crippen LogP contribution in [0, 0.1) is 0 Å². The number of anilines is 1. The third kappa shape index (κ3) is 4.48. The molecule has 0 spiro atoms. The van der Waals surface area contributed by atoms with Crippen molar-refractivity contribution in [2.24, 2.45) is 0 Å². The Hall–Kier alpha value is -4.16. The van der Waals surface area contributed by atoms with Gasteiger partial charge < -0.3 is 14.4 Å². The van der Waals surface area contributed by atoms with E-state index in [2.05, 4.69) is 30.3 Å². The van der Waals surface area contributed by atoms with E-state index in [0.717, 1.165) is 16.8 Å². The molecule has 1 saturated heterocycles. The zero-order valence-corrected chi connectivity index (χ0v) is 20.3. The van der Waals surface area contributed by atoms with E-state index in [-0.39, 0.29) is 5.91 Å². The topological polar surface area (TPSA) is 42.0 Å². The molecule has 35 heavy (non-hydrogen) atoms. The summed E-state index contributed by atoms with van der Waals surface area (Å²) in [7, 11) is 3.40. The van der Waals surface area contributed by atoms with Gasteiger partial charge in [0.2, 0.25) is 0 Å². The third-order valence-corrected chi connectivity index (χ3v) is 6.43. The molecule has 0 atom stereocenters. The van der Waals surface area contributed by atoms with Gasteiger partial charge in [-0.1, -0.05) is 60.7 Å². The second-order valence-electron chi connectivity index (χ2n) is 8.23. The van der Waals surface area contributed by atoms with Crippen LogP contribution < -0.4 is 14.4 Å². The number of thiocarbonyl (C=S) groups is 1. The minimum Gasteiger partial charge on any atom is -0.493 e. The number of methoxy groups -OCH3 is 1. The average molecular weight is 481 g/mol. The Morgan fingerprint density at radius 1 is 0.857 bits per heavy atom. The predicted molar refractivity (Wildman–Crippen MR) is 144 cm³/mol. The van der Waals surface area contributed by atoms with Crippen molar-refractivity contribution >= 4 is 45.8 Å². The van der Waals surface area contributed by atoms with E-state index in [1.165, 1.54) is 10.8 Å². The minimum absolute atomic E-state index is 0.167. The summed E-state index contributed by atoms with van der Waals surface area (Å²) in [6, 6.07) is 29.6. The van der Waals surface area contributed by atoms with Crippen molar-refractivity contribution in [2.75, 3.05) is 19.1 Å². The number of nitrogens with zero attached hydrogens (tertiary/aromatic N) is 2. The molecule has 0 radical (unpaired) electrons. The summed E-state index contributed by atoms with van der Waals surface area (Å²) in [5.74, 6) is 1.06. The second kappa shape index (κ2) is 9.60. The molecule has 6 heteroatoms. The van der Waals surface area contributed by atoms with E-state index in [1.807, 2.05) is 66.7 Å². The molecule has 4 aromatic carbocycles. The van der Waals surface area contributed by atoms with Crippen molar-refractivity contribution in [3.05, 3.63) is 108 Å². The van der Waals surface area contributed by atoms with Gasteiger partial charge in [0.25, 0.3) is 5.91 Å². The van der Waals surface area contributed by atoms with E-state index >= 15 is 0 Å². The van der Waals surface area contributed by atoms with Gasteiger partial charge in [0, 0.05) is 7.05 Å². The first-order chi connectivity index (χ1) is 17.0. The number of benzene rings is 4. The number of para-hydroxylation sites is 1. The van der Waals surface area contributed by atoms with Gasteiger partial charge in [-0.3, -0.25) is 9.69 Å². The van der Waals surface area contributed by atoms with Gasteiger partial charge in [0.05, 0.1) is 12.8 Å². The van der Waals surface area contributed by atoms with Crippen LogP contribution in [-0.4, -0.2) is 30.1 Å². The molecule has 4 aromatic rings. The van der Waals surface area contributed by atoms with Crippen molar-refractivity contribution < 1.29 is 14.3 Å². The Labute approximate surface area is 209 Å². The van der Waals surface area contributed by atoms with Gasteiger partial charge in [-0.2, -0.15) is 0 Å². The summed E-state index contributed by atoms with van der Waals surface area (Å²) >= 11 is 5.54. The van der Waals surface area contributed by atoms with Crippen molar-refractivity contribution in [1.29, 1.82) is 0 Å². The van der Waals surface area contributed by atoms with Crippen LogP contribution in [0.2, 0.25) is 0 Å². The monoisotopic (exact) mass is 480 g/mol. The van der Waals surface area contributed by atoms with Crippen LogP contribution in [0.4, 0.5) is 5.69 Å². The van der Waals surface area contributed by atoms with Gasteiger partial charge in [-0.15, -0.1) is 0 Å². The van der Waals surface area contributed by atoms with Gasteiger partial charge in [0.15, 0.2) is 16.6 Å². The van der Waals surface area contributed by atoms with Gasteiger partial charge >= 0.3 is 0 Å². The van der Waals surface area contributed by atoms with Crippen LogP contribution in [0.1, 0.15) is 11.1 Å². The smallest absolute Gasteiger partial charge is 0.281 e. The van der Waals surface area contributed by atoms with Crippen LogP contribution in [-0.2, 0) is 11.4 Å². The number of fused-ring (bicyclic) bond motifs is 1. The first-order valence-electron chi connectivity index (χ1n) is 11.2. The van der Waals surface area contributed by atoms with Crippen molar-refractivity contribution in [1.82, 2.24) is 4.90 Å². The zero-order chi connectivity index (χ0) is 24.4. The first-order valence-corrected chi connectivity index (χ1v) is 11.6. The Balaban J connectivity index is 1.36. The number of amides is 1. The minimum atomic E-state index is -0.167. The zero-order valence-electron chi connectivity index (χ0n) is 19.5. The fourth-order valence-corrected chi connectivity index (χ4v) is 4.39. The Morgan fingerprint density at radius 2 is 1.60 bits per heavy atom. The molecule has 0 unspecified atom stereocenters. The molecule has 1 heterocycles. The molecule has 0 N–H and O–H groups in total. The molecule has 1 aliphatic rings. The maximum Gasteiger partial charge on any atom is 0.281 e. The highest BCUT2D eigenvalue weighted by molar-refractivity contribution is 7.80. The molecule has 0 bridgehead atoms. The molecule has 0 aromatic heterocycles. The van der Waals surface area contributed by atoms with Crippen molar-refractivity contribution in [2.45, 2.75) is 6.61 Å². The highest BCUT2D eigenvalue weighted by atomic mass is 32.1. The summed E-state index contributed by atoms with van der Waals surface area (Å²) in [4.78, 5) is 16.4. The number of rotatable bonds is 6. The predicted octanol–water partition coefficient (Wildman–Crippen LogP) is 6.03. The number of carbonyl (C=O) groups excluding carboxylic acids is 1. The highest BCUT2D eigenvalue weighted by Crippen LogP contribution is 2.32. The second-order valence-corrected chi connectivity index (χ2v) is 8.59. The van der Waals surface area contributed by atoms with Crippen LogP contribution in [0.3, 0.4) is 0 Å². The number of hydrogen-bond donors (Lipinski definition) is 0.